The van der Waals surface area contributed by atoms with Gasteiger partial charge in [-0.15, -0.1) is 0 Å². The molecule has 1 saturated heterocycles. The number of rotatable bonds is 3. The molecule has 0 spiro atoms. The Morgan fingerprint density at radius 2 is 1.95 bits per heavy atom. The van der Waals surface area contributed by atoms with E-state index in [1.807, 2.05) is 11.8 Å². The van der Waals surface area contributed by atoms with Crippen molar-refractivity contribution in [2.24, 2.45) is 11.7 Å². The number of alkyl halides is 3. The fourth-order valence-electron chi connectivity index (χ4n) is 3.01. The summed E-state index contributed by atoms with van der Waals surface area (Å²) in [5, 5.41) is 0. The Balaban J connectivity index is 2.41. The topological polar surface area (TPSA) is 29.3 Å². The van der Waals surface area contributed by atoms with Gasteiger partial charge in [-0.1, -0.05) is 13.0 Å². The molecule has 0 bridgehead atoms. The second-order valence-electron chi connectivity index (χ2n) is 6.07. The first-order chi connectivity index (χ1) is 9.82. The normalized spacial score (nSPS) is 23.4. The van der Waals surface area contributed by atoms with Crippen LogP contribution in [0.1, 0.15) is 37.8 Å². The van der Waals surface area contributed by atoms with E-state index in [1.54, 1.807) is 12.1 Å². The predicted molar refractivity (Wildman–Crippen MR) is 79.4 cm³/mol. The van der Waals surface area contributed by atoms with E-state index < -0.39 is 11.7 Å². The minimum atomic E-state index is -4.33. The Morgan fingerprint density at radius 1 is 1.24 bits per heavy atom. The zero-order valence-electron chi connectivity index (χ0n) is 12.6. The fraction of sp³-hybridized carbons (Fsp3) is 0.625. The van der Waals surface area contributed by atoms with Crippen LogP contribution in [0.15, 0.2) is 18.2 Å². The van der Waals surface area contributed by atoms with E-state index in [1.165, 1.54) is 6.07 Å². The molecule has 2 rings (SSSR count). The number of halogens is 3. The highest BCUT2D eigenvalue weighted by atomic mass is 19.4. The maximum atomic E-state index is 13.4. The first kappa shape index (κ1) is 16.1. The number of hydrogen-bond donors (Lipinski definition) is 1. The highest BCUT2D eigenvalue weighted by Gasteiger charge is 2.37. The van der Waals surface area contributed by atoms with Gasteiger partial charge in [-0.3, -0.25) is 0 Å². The molecule has 0 radical (unpaired) electrons. The molecule has 21 heavy (non-hydrogen) atoms. The summed E-state index contributed by atoms with van der Waals surface area (Å²) in [4.78, 5) is 1.91. The third-order valence-corrected chi connectivity index (χ3v) is 4.23. The van der Waals surface area contributed by atoms with E-state index in [2.05, 4.69) is 6.92 Å². The number of anilines is 1. The van der Waals surface area contributed by atoms with Gasteiger partial charge in [0.2, 0.25) is 0 Å². The Bertz CT molecular complexity index is 485. The maximum absolute atomic E-state index is 13.4. The van der Waals surface area contributed by atoms with Crippen LogP contribution in [0.5, 0.6) is 0 Å². The van der Waals surface area contributed by atoms with Crippen LogP contribution >= 0.6 is 0 Å². The summed E-state index contributed by atoms with van der Waals surface area (Å²) in [7, 11) is 0. The molecule has 1 aromatic rings. The van der Waals surface area contributed by atoms with Gasteiger partial charge in [0.15, 0.2) is 0 Å². The Morgan fingerprint density at radius 3 is 2.57 bits per heavy atom. The summed E-state index contributed by atoms with van der Waals surface area (Å²) in [6, 6.07) is 4.78. The molecular weight excluding hydrogens is 277 g/mol. The monoisotopic (exact) mass is 300 g/mol. The standard InChI is InChI=1S/C16H23F3N2/c1-11-3-4-12(2)21(10-11)15-6-5-13(7-8-20)9-14(15)16(17,18)19/h5-6,9,11-12H,3-4,7-8,10,20H2,1-2H3. The second-order valence-corrected chi connectivity index (χ2v) is 6.07. The largest absolute Gasteiger partial charge is 0.418 e. The molecule has 2 nitrogen and oxygen atoms in total. The molecule has 0 aromatic heterocycles. The number of piperidine rings is 1. The summed E-state index contributed by atoms with van der Waals surface area (Å²) in [6.45, 7) is 5.13. The Labute approximate surface area is 124 Å². The van der Waals surface area contributed by atoms with Crippen molar-refractivity contribution in [1.82, 2.24) is 0 Å². The van der Waals surface area contributed by atoms with E-state index in [4.69, 9.17) is 5.73 Å². The molecule has 0 aliphatic carbocycles. The summed E-state index contributed by atoms with van der Waals surface area (Å²) >= 11 is 0. The van der Waals surface area contributed by atoms with Gasteiger partial charge in [-0.05, 0) is 56.3 Å². The molecule has 1 heterocycles. The molecule has 0 saturated carbocycles. The smallest absolute Gasteiger partial charge is 0.368 e. The first-order valence-corrected chi connectivity index (χ1v) is 7.49. The third kappa shape index (κ3) is 3.70. The second kappa shape index (κ2) is 6.26. The molecule has 1 aliphatic rings. The first-order valence-electron chi connectivity index (χ1n) is 7.49. The highest BCUT2D eigenvalue weighted by Crippen LogP contribution is 2.39. The van der Waals surface area contributed by atoms with Crippen LogP contribution in [-0.2, 0) is 12.6 Å². The van der Waals surface area contributed by atoms with Crippen molar-refractivity contribution in [3.8, 4) is 0 Å². The third-order valence-electron chi connectivity index (χ3n) is 4.23. The minimum absolute atomic E-state index is 0.141. The molecule has 118 valence electrons. The SMILES string of the molecule is CC1CCC(C)N(c2ccc(CCN)cc2C(F)(F)F)C1. The van der Waals surface area contributed by atoms with E-state index >= 15 is 0 Å². The molecule has 1 aromatic carbocycles. The number of nitrogens with two attached hydrogens (primary N) is 1. The lowest BCUT2D eigenvalue weighted by Crippen LogP contribution is -2.42. The average Bonchev–Trinajstić information content (AvgIpc) is 2.41. The molecule has 1 fully saturated rings. The zero-order chi connectivity index (χ0) is 15.6. The van der Waals surface area contributed by atoms with Crippen LogP contribution in [0.4, 0.5) is 18.9 Å². The molecule has 1 aliphatic heterocycles. The van der Waals surface area contributed by atoms with E-state index in [9.17, 15) is 13.2 Å². The van der Waals surface area contributed by atoms with Crippen LogP contribution in [0.25, 0.3) is 0 Å². The predicted octanol–water partition coefficient (Wildman–Crippen LogP) is 3.83. The molecule has 0 amide bonds. The molecule has 2 atom stereocenters. The van der Waals surface area contributed by atoms with Gasteiger partial charge >= 0.3 is 6.18 Å². The van der Waals surface area contributed by atoms with Crippen LogP contribution in [0, 0.1) is 5.92 Å². The number of hydrogen-bond acceptors (Lipinski definition) is 2. The van der Waals surface area contributed by atoms with Crippen molar-refractivity contribution in [3.05, 3.63) is 29.3 Å². The van der Waals surface area contributed by atoms with Gasteiger partial charge < -0.3 is 10.6 Å². The Kier molecular flexibility index (Phi) is 4.81. The maximum Gasteiger partial charge on any atom is 0.418 e. The summed E-state index contributed by atoms with van der Waals surface area (Å²) in [6.07, 6.45) is -1.86. The van der Waals surface area contributed by atoms with Crippen molar-refractivity contribution in [1.29, 1.82) is 0 Å². The molecule has 5 heteroatoms. The minimum Gasteiger partial charge on any atom is -0.368 e. The fourth-order valence-corrected chi connectivity index (χ4v) is 3.01. The van der Waals surface area contributed by atoms with Gasteiger partial charge in [0.25, 0.3) is 0 Å². The lowest BCUT2D eigenvalue weighted by molar-refractivity contribution is -0.137. The van der Waals surface area contributed by atoms with Gasteiger partial charge in [0.05, 0.1) is 5.56 Å². The van der Waals surface area contributed by atoms with Crippen molar-refractivity contribution in [2.75, 3.05) is 18.0 Å². The van der Waals surface area contributed by atoms with E-state index in [0.717, 1.165) is 12.8 Å². The highest BCUT2D eigenvalue weighted by molar-refractivity contribution is 5.57. The van der Waals surface area contributed by atoms with E-state index in [-0.39, 0.29) is 6.04 Å². The molecule has 2 N–H and O–H groups in total. The average molecular weight is 300 g/mol. The lowest BCUT2D eigenvalue weighted by Gasteiger charge is -2.40. The van der Waals surface area contributed by atoms with Crippen LogP contribution in [-0.4, -0.2) is 19.1 Å². The van der Waals surface area contributed by atoms with Crippen LogP contribution in [0.2, 0.25) is 0 Å². The van der Waals surface area contributed by atoms with Crippen molar-refractivity contribution < 1.29 is 13.2 Å². The van der Waals surface area contributed by atoms with Crippen molar-refractivity contribution in [2.45, 2.75) is 45.3 Å². The van der Waals surface area contributed by atoms with Crippen LogP contribution in [0.3, 0.4) is 0 Å². The van der Waals surface area contributed by atoms with Gasteiger partial charge in [0, 0.05) is 18.3 Å². The summed E-state index contributed by atoms with van der Waals surface area (Å²) in [5.74, 6) is 0.422. The zero-order valence-corrected chi connectivity index (χ0v) is 12.6. The van der Waals surface area contributed by atoms with Crippen molar-refractivity contribution in [3.63, 3.8) is 0 Å². The van der Waals surface area contributed by atoms with Gasteiger partial charge in [0.1, 0.15) is 0 Å². The van der Waals surface area contributed by atoms with Crippen LogP contribution < -0.4 is 10.6 Å². The molecule has 2 unspecified atom stereocenters. The summed E-state index contributed by atoms with van der Waals surface area (Å²) < 4.78 is 40.2. The summed E-state index contributed by atoms with van der Waals surface area (Å²) in [5.41, 5.74) is 5.87. The van der Waals surface area contributed by atoms with Crippen molar-refractivity contribution >= 4 is 5.69 Å². The van der Waals surface area contributed by atoms with E-state index in [0.29, 0.717) is 36.7 Å². The number of benzene rings is 1. The quantitative estimate of drug-likeness (QED) is 0.919. The number of nitrogens with zero attached hydrogens (tertiary/aromatic N) is 1. The Hall–Kier alpha value is -1.23. The van der Waals surface area contributed by atoms with Gasteiger partial charge in [-0.25, -0.2) is 0 Å². The lowest BCUT2D eigenvalue weighted by atomic mass is 9.93. The van der Waals surface area contributed by atoms with Gasteiger partial charge in [-0.2, -0.15) is 13.2 Å². The molecular formula is C16H23F3N2.